The molecule has 1 aromatic rings. The highest BCUT2D eigenvalue weighted by molar-refractivity contribution is 7.99. The van der Waals surface area contributed by atoms with Crippen molar-refractivity contribution in [3.05, 3.63) is 29.8 Å². The van der Waals surface area contributed by atoms with Gasteiger partial charge < -0.3 is 19.9 Å². The Morgan fingerprint density at radius 3 is 2.44 bits per heavy atom. The van der Waals surface area contributed by atoms with Crippen LogP contribution in [-0.4, -0.2) is 73.8 Å². The Labute approximate surface area is 166 Å². The number of likely N-dealkylation sites (tertiary alicyclic amines) is 1. The highest BCUT2D eigenvalue weighted by Crippen LogP contribution is 2.25. The van der Waals surface area contributed by atoms with E-state index in [1.165, 1.54) is 24.3 Å². The minimum atomic E-state index is 0.0737. The minimum Gasteiger partial charge on any atom is -0.378 e. The van der Waals surface area contributed by atoms with E-state index in [1.54, 1.807) is 0 Å². The van der Waals surface area contributed by atoms with Crippen LogP contribution in [0.2, 0.25) is 0 Å². The Bertz CT molecular complexity index is 622. The Hall–Kier alpha value is -1.24. The van der Waals surface area contributed by atoms with Gasteiger partial charge in [-0.25, -0.2) is 0 Å². The highest BCUT2D eigenvalue weighted by Gasteiger charge is 2.28. The molecule has 0 saturated carbocycles. The maximum Gasteiger partial charge on any atom is 0.253 e. The minimum absolute atomic E-state index is 0.0737. The summed E-state index contributed by atoms with van der Waals surface area (Å²) < 4.78 is 5.45. The van der Waals surface area contributed by atoms with E-state index in [4.69, 9.17) is 4.74 Å². The van der Waals surface area contributed by atoms with E-state index < -0.39 is 0 Å². The third kappa shape index (κ3) is 4.79. The van der Waals surface area contributed by atoms with Crippen LogP contribution in [-0.2, 0) is 4.74 Å². The molecule has 1 aromatic carbocycles. The van der Waals surface area contributed by atoms with Crippen LogP contribution in [0.5, 0.6) is 0 Å². The van der Waals surface area contributed by atoms with Gasteiger partial charge in [-0.1, -0.05) is 12.1 Å². The molecule has 3 aliphatic heterocycles. The summed E-state index contributed by atoms with van der Waals surface area (Å²) >= 11 is 2.09. The Kier molecular flexibility index (Phi) is 6.58. The lowest BCUT2D eigenvalue weighted by atomic mass is 10.00. The van der Waals surface area contributed by atoms with E-state index in [9.17, 15) is 4.79 Å². The normalized spacial score (nSPS) is 23.3. The maximum atomic E-state index is 13.0. The monoisotopic (exact) mass is 389 g/mol. The van der Waals surface area contributed by atoms with Crippen LogP contribution in [0.25, 0.3) is 0 Å². The van der Waals surface area contributed by atoms with Gasteiger partial charge in [0.1, 0.15) is 0 Å². The molecule has 3 fully saturated rings. The van der Waals surface area contributed by atoms with Crippen LogP contribution < -0.4 is 10.2 Å². The number of amides is 1. The Morgan fingerprint density at radius 1 is 1.00 bits per heavy atom. The van der Waals surface area contributed by atoms with E-state index in [0.29, 0.717) is 6.04 Å². The molecule has 0 bridgehead atoms. The molecule has 27 heavy (non-hydrogen) atoms. The standard InChI is InChI=1S/C21H31N3O2S/c25-21(19-3-1-2-4-20(19)24-11-13-26-14-12-24)22-17-5-9-23(10-6-17)18-7-15-27-16-8-18/h1-4,17-18H,5-16H2,(H,22,25). The van der Waals surface area contributed by atoms with Crippen molar-refractivity contribution in [2.75, 3.05) is 55.8 Å². The molecule has 6 heteroatoms. The van der Waals surface area contributed by atoms with Gasteiger partial charge in [0.2, 0.25) is 0 Å². The van der Waals surface area contributed by atoms with E-state index in [2.05, 4.69) is 32.9 Å². The van der Waals surface area contributed by atoms with Gasteiger partial charge in [0.25, 0.3) is 5.91 Å². The van der Waals surface area contributed by atoms with Gasteiger partial charge in [-0.05, 0) is 49.3 Å². The summed E-state index contributed by atoms with van der Waals surface area (Å²) in [6.07, 6.45) is 4.79. The van der Waals surface area contributed by atoms with Crippen LogP contribution in [0.15, 0.2) is 24.3 Å². The summed E-state index contributed by atoms with van der Waals surface area (Å²) in [6, 6.07) is 9.05. The van der Waals surface area contributed by atoms with Crippen LogP contribution in [0.1, 0.15) is 36.0 Å². The number of hydrogen-bond donors (Lipinski definition) is 1. The van der Waals surface area contributed by atoms with Gasteiger partial charge in [-0.2, -0.15) is 11.8 Å². The second-order valence-electron chi connectivity index (χ2n) is 7.74. The number of piperidine rings is 1. The highest BCUT2D eigenvalue weighted by atomic mass is 32.2. The maximum absolute atomic E-state index is 13.0. The molecule has 0 unspecified atom stereocenters. The van der Waals surface area contributed by atoms with Gasteiger partial charge >= 0.3 is 0 Å². The van der Waals surface area contributed by atoms with E-state index in [-0.39, 0.29) is 5.91 Å². The van der Waals surface area contributed by atoms with Gasteiger partial charge in [-0.3, -0.25) is 4.79 Å². The lowest BCUT2D eigenvalue weighted by Crippen LogP contribution is -2.49. The number of para-hydroxylation sites is 1. The molecule has 3 heterocycles. The number of nitrogens with one attached hydrogen (secondary N) is 1. The quantitative estimate of drug-likeness (QED) is 0.858. The number of hydrogen-bond acceptors (Lipinski definition) is 5. The molecule has 148 valence electrons. The molecule has 0 aliphatic carbocycles. The zero-order chi connectivity index (χ0) is 18.5. The summed E-state index contributed by atoms with van der Waals surface area (Å²) in [7, 11) is 0. The largest absolute Gasteiger partial charge is 0.378 e. The summed E-state index contributed by atoms with van der Waals surface area (Å²) in [6.45, 7) is 5.39. The SMILES string of the molecule is O=C(NC1CCN(C2CCSCC2)CC1)c1ccccc1N1CCOCC1. The zero-order valence-corrected chi connectivity index (χ0v) is 16.9. The third-order valence-electron chi connectivity index (χ3n) is 6.07. The van der Waals surface area contributed by atoms with E-state index in [1.807, 2.05) is 18.2 Å². The lowest BCUT2D eigenvalue weighted by molar-refractivity contribution is 0.0885. The molecule has 0 atom stereocenters. The van der Waals surface area contributed by atoms with Gasteiger partial charge in [0.15, 0.2) is 0 Å². The van der Waals surface area contributed by atoms with Crippen molar-refractivity contribution < 1.29 is 9.53 Å². The summed E-state index contributed by atoms with van der Waals surface area (Å²) in [5.74, 6) is 2.68. The number of nitrogens with zero attached hydrogens (tertiary/aromatic N) is 2. The second-order valence-corrected chi connectivity index (χ2v) is 8.97. The fraction of sp³-hybridized carbons (Fsp3) is 0.667. The third-order valence-corrected chi connectivity index (χ3v) is 7.12. The summed E-state index contributed by atoms with van der Waals surface area (Å²) in [5.41, 5.74) is 1.83. The van der Waals surface area contributed by atoms with Crippen LogP contribution in [0.3, 0.4) is 0 Å². The Morgan fingerprint density at radius 2 is 1.70 bits per heavy atom. The molecule has 3 saturated heterocycles. The number of anilines is 1. The zero-order valence-electron chi connectivity index (χ0n) is 16.1. The number of ether oxygens (including phenoxy) is 1. The second kappa shape index (κ2) is 9.30. The van der Waals surface area contributed by atoms with Crippen molar-refractivity contribution in [1.29, 1.82) is 0 Å². The Balaban J connectivity index is 1.33. The molecular formula is C21H31N3O2S. The number of carbonyl (C=O) groups excluding carboxylic acids is 1. The van der Waals surface area contributed by atoms with Crippen molar-refractivity contribution >= 4 is 23.4 Å². The molecule has 1 amide bonds. The van der Waals surface area contributed by atoms with Crippen molar-refractivity contribution in [3.63, 3.8) is 0 Å². The smallest absolute Gasteiger partial charge is 0.253 e. The number of thioether (sulfide) groups is 1. The predicted molar refractivity (Wildman–Crippen MR) is 112 cm³/mol. The summed E-state index contributed by atoms with van der Waals surface area (Å²) in [4.78, 5) is 17.9. The number of benzene rings is 1. The number of carbonyl (C=O) groups is 1. The molecule has 0 aromatic heterocycles. The van der Waals surface area contributed by atoms with Crippen molar-refractivity contribution in [2.24, 2.45) is 0 Å². The van der Waals surface area contributed by atoms with E-state index >= 15 is 0 Å². The average molecular weight is 390 g/mol. The molecule has 0 spiro atoms. The topological polar surface area (TPSA) is 44.8 Å². The first-order valence-corrected chi connectivity index (χ1v) is 11.5. The van der Waals surface area contributed by atoms with Crippen molar-refractivity contribution in [2.45, 2.75) is 37.8 Å². The van der Waals surface area contributed by atoms with Crippen LogP contribution in [0, 0.1) is 0 Å². The first kappa shape index (κ1) is 19.1. The van der Waals surface area contributed by atoms with Crippen LogP contribution >= 0.6 is 11.8 Å². The molecule has 0 radical (unpaired) electrons. The van der Waals surface area contributed by atoms with Crippen LogP contribution in [0.4, 0.5) is 5.69 Å². The van der Waals surface area contributed by atoms with Gasteiger partial charge in [0, 0.05) is 44.0 Å². The molecule has 5 nitrogen and oxygen atoms in total. The van der Waals surface area contributed by atoms with E-state index in [0.717, 1.165) is 69.5 Å². The molecular weight excluding hydrogens is 358 g/mol. The summed E-state index contributed by atoms with van der Waals surface area (Å²) in [5, 5.41) is 3.31. The molecule has 3 aliphatic rings. The predicted octanol–water partition coefficient (Wildman–Crippen LogP) is 2.61. The van der Waals surface area contributed by atoms with Gasteiger partial charge in [-0.15, -0.1) is 0 Å². The fourth-order valence-corrected chi connectivity index (χ4v) is 5.55. The fourth-order valence-electron chi connectivity index (χ4n) is 4.47. The first-order valence-electron chi connectivity index (χ1n) is 10.4. The first-order chi connectivity index (χ1) is 13.3. The van der Waals surface area contributed by atoms with Crippen molar-refractivity contribution in [3.8, 4) is 0 Å². The number of morpholine rings is 1. The van der Waals surface area contributed by atoms with Gasteiger partial charge in [0.05, 0.1) is 18.8 Å². The van der Waals surface area contributed by atoms with Crippen molar-refractivity contribution in [1.82, 2.24) is 10.2 Å². The lowest BCUT2D eigenvalue weighted by Gasteiger charge is -2.39. The molecule has 1 N–H and O–H groups in total. The number of rotatable bonds is 4. The molecule has 4 rings (SSSR count). The average Bonchev–Trinajstić information content (AvgIpc) is 2.75.